The molecule has 0 saturated carbocycles. The van der Waals surface area contributed by atoms with Gasteiger partial charge in [-0.3, -0.25) is 9.59 Å². The number of carboxylic acid groups (broad SMARTS) is 1. The molecular formula is C24H20N2O6S. The molecule has 0 unspecified atom stereocenters. The molecule has 0 atom stereocenters. The van der Waals surface area contributed by atoms with Gasteiger partial charge in [-0.2, -0.15) is 0 Å². The number of carbonyl (C=O) groups is 4. The van der Waals surface area contributed by atoms with Crippen LogP contribution in [0.2, 0.25) is 0 Å². The number of anilines is 2. The summed E-state index contributed by atoms with van der Waals surface area (Å²) in [5, 5.41) is 14.6. The van der Waals surface area contributed by atoms with Crippen molar-refractivity contribution in [1.29, 1.82) is 0 Å². The van der Waals surface area contributed by atoms with Gasteiger partial charge >= 0.3 is 11.9 Å². The molecule has 0 aliphatic carbocycles. The number of carbonyl (C=O) groups excluding carboxylic acids is 3. The Morgan fingerprint density at radius 2 is 1.52 bits per heavy atom. The maximum atomic E-state index is 12.5. The van der Waals surface area contributed by atoms with E-state index in [0.29, 0.717) is 11.4 Å². The lowest BCUT2D eigenvalue weighted by Crippen LogP contribution is -2.17. The van der Waals surface area contributed by atoms with E-state index in [1.165, 1.54) is 31.0 Å². The van der Waals surface area contributed by atoms with Crippen molar-refractivity contribution in [3.8, 4) is 0 Å². The summed E-state index contributed by atoms with van der Waals surface area (Å²) in [7, 11) is 1.27. The van der Waals surface area contributed by atoms with Gasteiger partial charge in [-0.25, -0.2) is 9.59 Å². The van der Waals surface area contributed by atoms with Gasteiger partial charge in [0, 0.05) is 10.6 Å². The van der Waals surface area contributed by atoms with E-state index in [4.69, 9.17) is 4.74 Å². The van der Waals surface area contributed by atoms with E-state index in [2.05, 4.69) is 10.6 Å². The lowest BCUT2D eigenvalue weighted by Gasteiger charge is -2.10. The van der Waals surface area contributed by atoms with Gasteiger partial charge in [0.1, 0.15) is 0 Å². The first-order valence-corrected chi connectivity index (χ1v) is 10.7. The predicted octanol–water partition coefficient (Wildman–Crippen LogP) is 4.15. The molecule has 0 radical (unpaired) electrons. The Labute approximate surface area is 194 Å². The molecule has 0 saturated heterocycles. The van der Waals surface area contributed by atoms with Crippen molar-refractivity contribution < 1.29 is 29.0 Å². The van der Waals surface area contributed by atoms with E-state index < -0.39 is 17.8 Å². The van der Waals surface area contributed by atoms with Crippen molar-refractivity contribution in [2.24, 2.45) is 0 Å². The predicted molar refractivity (Wildman–Crippen MR) is 125 cm³/mol. The van der Waals surface area contributed by atoms with Crippen LogP contribution in [0.5, 0.6) is 0 Å². The fourth-order valence-electron chi connectivity index (χ4n) is 2.94. The topological polar surface area (TPSA) is 122 Å². The van der Waals surface area contributed by atoms with Crippen LogP contribution in [0.15, 0.2) is 77.7 Å². The van der Waals surface area contributed by atoms with Crippen molar-refractivity contribution >= 4 is 46.9 Å². The third-order valence-corrected chi connectivity index (χ3v) is 5.46. The summed E-state index contributed by atoms with van der Waals surface area (Å²) < 4.78 is 4.72. The van der Waals surface area contributed by atoms with Gasteiger partial charge in [-0.15, -0.1) is 11.8 Å². The summed E-state index contributed by atoms with van der Waals surface area (Å²) in [5.74, 6) is -2.54. The van der Waals surface area contributed by atoms with Crippen molar-refractivity contribution in [3.63, 3.8) is 0 Å². The average molecular weight is 464 g/mol. The second-order valence-electron chi connectivity index (χ2n) is 6.71. The fourth-order valence-corrected chi connectivity index (χ4v) is 3.70. The molecule has 0 aromatic heterocycles. The molecule has 168 valence electrons. The van der Waals surface area contributed by atoms with E-state index in [0.717, 1.165) is 4.90 Å². The SMILES string of the molecule is COC(=O)c1ccccc1NC(=O)CSc1cccc(NC(=O)c2ccccc2C(=O)O)c1. The highest BCUT2D eigenvalue weighted by Gasteiger charge is 2.16. The lowest BCUT2D eigenvalue weighted by atomic mass is 10.1. The Hall–Kier alpha value is -4.11. The van der Waals surface area contributed by atoms with Gasteiger partial charge in [-0.1, -0.05) is 30.3 Å². The van der Waals surface area contributed by atoms with Gasteiger partial charge in [0.2, 0.25) is 5.91 Å². The van der Waals surface area contributed by atoms with Gasteiger partial charge in [0.05, 0.1) is 35.2 Å². The molecule has 0 aliphatic heterocycles. The highest BCUT2D eigenvalue weighted by molar-refractivity contribution is 8.00. The molecule has 0 spiro atoms. The monoisotopic (exact) mass is 464 g/mol. The van der Waals surface area contributed by atoms with E-state index in [-0.39, 0.29) is 28.4 Å². The number of ether oxygens (including phenoxy) is 1. The molecule has 33 heavy (non-hydrogen) atoms. The number of rotatable bonds is 8. The number of esters is 1. The molecule has 3 aromatic carbocycles. The van der Waals surface area contributed by atoms with Crippen molar-refractivity contribution in [3.05, 3.63) is 89.5 Å². The van der Waals surface area contributed by atoms with E-state index in [9.17, 15) is 24.3 Å². The van der Waals surface area contributed by atoms with E-state index in [1.807, 2.05) is 0 Å². The summed E-state index contributed by atoms with van der Waals surface area (Å²) >= 11 is 1.24. The molecule has 8 nitrogen and oxygen atoms in total. The lowest BCUT2D eigenvalue weighted by molar-refractivity contribution is -0.113. The molecule has 0 aliphatic rings. The van der Waals surface area contributed by atoms with Crippen LogP contribution >= 0.6 is 11.8 Å². The zero-order valence-electron chi connectivity index (χ0n) is 17.5. The van der Waals surface area contributed by atoms with Crippen LogP contribution in [0.4, 0.5) is 11.4 Å². The smallest absolute Gasteiger partial charge is 0.339 e. The number of thioether (sulfide) groups is 1. The van der Waals surface area contributed by atoms with Crippen LogP contribution in [-0.4, -0.2) is 41.7 Å². The van der Waals surface area contributed by atoms with Gasteiger partial charge in [0.25, 0.3) is 5.91 Å². The minimum atomic E-state index is -1.19. The second-order valence-corrected chi connectivity index (χ2v) is 7.76. The zero-order chi connectivity index (χ0) is 23.8. The Kier molecular flexibility index (Phi) is 7.82. The second kappa shape index (κ2) is 11.0. The van der Waals surface area contributed by atoms with Crippen molar-refractivity contribution in [2.45, 2.75) is 4.90 Å². The summed E-state index contributed by atoms with van der Waals surface area (Å²) in [4.78, 5) is 48.8. The standard InChI is InChI=1S/C24H20N2O6S/c1-32-24(31)19-11-4-5-12-20(19)26-21(27)14-33-16-8-6-7-15(13-16)25-22(28)17-9-2-3-10-18(17)23(29)30/h2-13H,14H2,1H3,(H,25,28)(H,26,27)(H,29,30). The Balaban J connectivity index is 1.63. The fraction of sp³-hybridized carbons (Fsp3) is 0.0833. The van der Waals surface area contributed by atoms with E-state index in [1.54, 1.807) is 60.7 Å². The normalized spacial score (nSPS) is 10.2. The number of hydrogen-bond acceptors (Lipinski definition) is 6. The molecule has 0 heterocycles. The Bertz CT molecular complexity index is 1210. The minimum absolute atomic E-state index is 0.0479. The highest BCUT2D eigenvalue weighted by atomic mass is 32.2. The van der Waals surface area contributed by atoms with Gasteiger partial charge in [0.15, 0.2) is 0 Å². The van der Waals surface area contributed by atoms with Crippen LogP contribution in [-0.2, 0) is 9.53 Å². The Morgan fingerprint density at radius 3 is 2.21 bits per heavy atom. The van der Waals surface area contributed by atoms with Crippen LogP contribution in [0, 0.1) is 0 Å². The highest BCUT2D eigenvalue weighted by Crippen LogP contribution is 2.23. The maximum Gasteiger partial charge on any atom is 0.339 e. The molecule has 3 aromatic rings. The summed E-state index contributed by atoms with van der Waals surface area (Å²) in [6.07, 6.45) is 0. The first-order valence-electron chi connectivity index (χ1n) is 9.72. The maximum absolute atomic E-state index is 12.5. The number of para-hydroxylation sites is 1. The summed E-state index contributed by atoms with van der Waals surface area (Å²) in [6, 6.07) is 19.3. The van der Waals surface area contributed by atoms with E-state index >= 15 is 0 Å². The number of benzene rings is 3. The summed E-state index contributed by atoms with van der Waals surface area (Å²) in [6.45, 7) is 0. The van der Waals surface area contributed by atoms with Crippen LogP contribution < -0.4 is 10.6 Å². The van der Waals surface area contributed by atoms with Gasteiger partial charge in [-0.05, 0) is 42.5 Å². The number of methoxy groups -OCH3 is 1. The average Bonchev–Trinajstić information content (AvgIpc) is 2.82. The van der Waals surface area contributed by atoms with Gasteiger partial charge < -0.3 is 20.5 Å². The molecule has 9 heteroatoms. The first kappa shape index (κ1) is 23.6. The third kappa shape index (κ3) is 6.20. The van der Waals surface area contributed by atoms with Crippen LogP contribution in [0.1, 0.15) is 31.1 Å². The van der Waals surface area contributed by atoms with Crippen molar-refractivity contribution in [2.75, 3.05) is 23.5 Å². The molecule has 3 N–H and O–H groups in total. The minimum Gasteiger partial charge on any atom is -0.478 e. The quantitative estimate of drug-likeness (QED) is 0.338. The largest absolute Gasteiger partial charge is 0.478 e. The number of nitrogens with one attached hydrogen (secondary N) is 2. The molecular weight excluding hydrogens is 444 g/mol. The molecule has 0 bridgehead atoms. The third-order valence-electron chi connectivity index (χ3n) is 4.47. The summed E-state index contributed by atoms with van der Waals surface area (Å²) in [5.41, 5.74) is 1.02. The number of hydrogen-bond donors (Lipinski definition) is 3. The van der Waals surface area contributed by atoms with Crippen LogP contribution in [0.3, 0.4) is 0 Å². The van der Waals surface area contributed by atoms with Crippen molar-refractivity contribution in [1.82, 2.24) is 0 Å². The molecule has 0 fully saturated rings. The molecule has 2 amide bonds. The number of carboxylic acids is 1. The Morgan fingerprint density at radius 1 is 0.848 bits per heavy atom. The zero-order valence-corrected chi connectivity index (χ0v) is 18.3. The van der Waals surface area contributed by atoms with Crippen LogP contribution in [0.25, 0.3) is 0 Å². The first-order chi connectivity index (χ1) is 15.9. The number of amides is 2. The molecule has 3 rings (SSSR count). The number of aromatic carboxylic acids is 1.